The van der Waals surface area contributed by atoms with Crippen molar-refractivity contribution in [2.75, 3.05) is 13.2 Å². The number of fused-ring (bicyclic) bond motifs is 1. The van der Waals surface area contributed by atoms with Gasteiger partial charge >= 0.3 is 0 Å². The van der Waals surface area contributed by atoms with E-state index in [9.17, 15) is 10.2 Å². The van der Waals surface area contributed by atoms with Gasteiger partial charge in [0.2, 0.25) is 0 Å². The molecule has 164 valence electrons. The lowest BCUT2D eigenvalue weighted by Gasteiger charge is -2.36. The Labute approximate surface area is 175 Å². The van der Waals surface area contributed by atoms with Crippen LogP contribution >= 0.6 is 0 Å². The molecule has 1 aromatic carbocycles. The molecule has 1 heterocycles. The van der Waals surface area contributed by atoms with E-state index < -0.39 is 22.9 Å². The number of aliphatic hydroxyl groups is 2. The first-order valence-corrected chi connectivity index (χ1v) is 11.3. The minimum atomic E-state index is -1.36. The predicted molar refractivity (Wildman–Crippen MR) is 114 cm³/mol. The van der Waals surface area contributed by atoms with Gasteiger partial charge in [0.15, 0.2) is 11.9 Å². The van der Waals surface area contributed by atoms with Crippen molar-refractivity contribution in [1.82, 2.24) is 0 Å². The van der Waals surface area contributed by atoms with Crippen LogP contribution in [0.2, 0.25) is 0 Å². The molecule has 5 heteroatoms. The van der Waals surface area contributed by atoms with Gasteiger partial charge in [-0.2, -0.15) is 0 Å². The van der Waals surface area contributed by atoms with Crippen molar-refractivity contribution >= 4 is 0 Å². The average Bonchev–Trinajstić information content (AvgIpc) is 3.10. The van der Waals surface area contributed by atoms with Gasteiger partial charge in [0.05, 0.1) is 13.2 Å². The molecule has 2 fully saturated rings. The predicted octanol–water partition coefficient (Wildman–Crippen LogP) is 3.76. The number of rotatable bonds is 12. The lowest BCUT2D eigenvalue weighted by molar-refractivity contribution is -0.267. The van der Waals surface area contributed by atoms with Crippen molar-refractivity contribution in [2.24, 2.45) is 17.1 Å². The molecule has 2 aliphatic rings. The third-order valence-electron chi connectivity index (χ3n) is 7.31. The molecule has 1 saturated heterocycles. The smallest absolute Gasteiger partial charge is 0.190 e. The molecule has 29 heavy (non-hydrogen) atoms. The highest BCUT2D eigenvalue weighted by Gasteiger charge is 2.89. The minimum Gasteiger partial charge on any atom is -0.386 e. The molecule has 1 aromatic rings. The van der Waals surface area contributed by atoms with Crippen LogP contribution in [0.15, 0.2) is 30.3 Å². The van der Waals surface area contributed by atoms with E-state index >= 15 is 0 Å². The molecule has 3 rings (SSSR count). The van der Waals surface area contributed by atoms with Crippen LogP contribution in [0.3, 0.4) is 0 Å². The Balaban J connectivity index is 1.48. The fraction of sp³-hybridized carbons (Fsp3) is 0.750. The quantitative estimate of drug-likeness (QED) is 0.461. The van der Waals surface area contributed by atoms with Crippen molar-refractivity contribution in [2.45, 2.75) is 89.3 Å². The summed E-state index contributed by atoms with van der Waals surface area (Å²) < 4.78 is 11.9. The van der Waals surface area contributed by atoms with Crippen LogP contribution in [0.25, 0.3) is 0 Å². The molecule has 1 saturated carbocycles. The second-order valence-electron chi connectivity index (χ2n) is 9.37. The zero-order valence-electron chi connectivity index (χ0n) is 18.1. The Bertz CT molecular complexity index is 637. The maximum Gasteiger partial charge on any atom is 0.190 e. The fourth-order valence-electron chi connectivity index (χ4n) is 5.26. The Kier molecular flexibility index (Phi) is 7.39. The summed E-state index contributed by atoms with van der Waals surface area (Å²) in [7, 11) is 0. The maximum atomic E-state index is 11.4. The standard InChI is InChI=1S/C24H39NO4/c1-22(2)23(26)20(15-11-6-4-3-5-7-12-16-25)18-29-21(24(22,23)27)28-17-19-13-9-8-10-14-19/h8-10,13-14,20-21,26-27H,3-7,11-12,15-18,25H2,1-2H3/t20-,21?,23-,24-/m0/s1. The van der Waals surface area contributed by atoms with Crippen molar-refractivity contribution in [1.29, 1.82) is 0 Å². The number of nitrogens with two attached hydrogens (primary N) is 1. The summed E-state index contributed by atoms with van der Waals surface area (Å²) in [5, 5.41) is 22.8. The van der Waals surface area contributed by atoms with Gasteiger partial charge in [0.25, 0.3) is 0 Å². The van der Waals surface area contributed by atoms with E-state index in [4.69, 9.17) is 15.2 Å². The van der Waals surface area contributed by atoms with Crippen LogP contribution in [0.5, 0.6) is 0 Å². The summed E-state index contributed by atoms with van der Waals surface area (Å²) in [4.78, 5) is 0. The van der Waals surface area contributed by atoms with Crippen molar-refractivity contribution < 1.29 is 19.7 Å². The molecule has 1 aliphatic heterocycles. The first-order valence-electron chi connectivity index (χ1n) is 11.3. The zero-order valence-corrected chi connectivity index (χ0v) is 18.1. The van der Waals surface area contributed by atoms with Crippen LogP contribution in [0, 0.1) is 11.3 Å². The van der Waals surface area contributed by atoms with Crippen LogP contribution < -0.4 is 5.73 Å². The van der Waals surface area contributed by atoms with E-state index in [2.05, 4.69) is 0 Å². The van der Waals surface area contributed by atoms with Gasteiger partial charge in [-0.1, -0.05) is 82.7 Å². The molecule has 4 N–H and O–H groups in total. The van der Waals surface area contributed by atoms with Gasteiger partial charge in [-0.15, -0.1) is 0 Å². The third kappa shape index (κ3) is 4.13. The zero-order chi connectivity index (χ0) is 21.0. The number of hydrogen-bond donors (Lipinski definition) is 3. The summed E-state index contributed by atoms with van der Waals surface area (Å²) in [6.07, 6.45) is 8.32. The van der Waals surface area contributed by atoms with E-state index in [1.807, 2.05) is 44.2 Å². The van der Waals surface area contributed by atoms with Crippen LogP contribution in [-0.2, 0) is 16.1 Å². The topological polar surface area (TPSA) is 84.9 Å². The Morgan fingerprint density at radius 3 is 2.24 bits per heavy atom. The summed E-state index contributed by atoms with van der Waals surface area (Å²) in [5.74, 6) is -0.0590. The van der Waals surface area contributed by atoms with Gasteiger partial charge in [0, 0.05) is 11.3 Å². The van der Waals surface area contributed by atoms with E-state index in [1.54, 1.807) is 0 Å². The van der Waals surface area contributed by atoms with Gasteiger partial charge < -0.3 is 25.4 Å². The molecular weight excluding hydrogens is 366 g/mol. The molecular formula is C24H39NO4. The van der Waals surface area contributed by atoms with E-state index in [-0.39, 0.29) is 5.92 Å². The monoisotopic (exact) mass is 405 g/mol. The van der Waals surface area contributed by atoms with E-state index in [0.717, 1.165) is 37.8 Å². The van der Waals surface area contributed by atoms with Crippen LogP contribution in [0.4, 0.5) is 0 Å². The molecule has 0 radical (unpaired) electrons. The Morgan fingerprint density at radius 1 is 0.966 bits per heavy atom. The van der Waals surface area contributed by atoms with E-state index in [0.29, 0.717) is 13.2 Å². The molecule has 0 amide bonds. The first-order chi connectivity index (χ1) is 13.9. The lowest BCUT2D eigenvalue weighted by atomic mass is 9.87. The normalized spacial score (nSPS) is 32.7. The van der Waals surface area contributed by atoms with Gasteiger partial charge in [-0.3, -0.25) is 0 Å². The van der Waals surface area contributed by atoms with Crippen molar-refractivity contribution in [3.05, 3.63) is 35.9 Å². The van der Waals surface area contributed by atoms with Gasteiger partial charge in [-0.25, -0.2) is 0 Å². The average molecular weight is 406 g/mol. The van der Waals surface area contributed by atoms with Crippen molar-refractivity contribution in [3.63, 3.8) is 0 Å². The second kappa shape index (κ2) is 9.44. The number of unbranched alkanes of at least 4 members (excludes halogenated alkanes) is 6. The number of ether oxygens (including phenoxy) is 2. The Morgan fingerprint density at radius 2 is 1.59 bits per heavy atom. The molecule has 0 bridgehead atoms. The summed E-state index contributed by atoms with van der Waals surface area (Å²) in [6, 6.07) is 9.84. The maximum absolute atomic E-state index is 11.4. The summed E-state index contributed by atoms with van der Waals surface area (Å²) in [6.45, 7) is 5.41. The lowest BCUT2D eigenvalue weighted by Crippen LogP contribution is -2.51. The van der Waals surface area contributed by atoms with Gasteiger partial charge in [0.1, 0.15) is 5.60 Å². The highest BCUT2D eigenvalue weighted by Crippen LogP contribution is 2.72. The van der Waals surface area contributed by atoms with Crippen molar-refractivity contribution in [3.8, 4) is 0 Å². The first kappa shape index (κ1) is 22.7. The van der Waals surface area contributed by atoms with Gasteiger partial charge in [-0.05, 0) is 24.9 Å². The summed E-state index contributed by atoms with van der Waals surface area (Å²) in [5.41, 5.74) is 3.39. The molecule has 5 nitrogen and oxygen atoms in total. The highest BCUT2D eigenvalue weighted by atomic mass is 16.7. The largest absolute Gasteiger partial charge is 0.386 e. The Hall–Kier alpha value is -0.980. The van der Waals surface area contributed by atoms with Crippen LogP contribution in [-0.4, -0.2) is 40.9 Å². The minimum absolute atomic E-state index is 0.0590. The molecule has 0 spiro atoms. The van der Waals surface area contributed by atoms with E-state index in [1.165, 1.54) is 25.7 Å². The number of hydrogen-bond acceptors (Lipinski definition) is 5. The molecule has 0 aromatic heterocycles. The van der Waals surface area contributed by atoms with Crippen LogP contribution in [0.1, 0.15) is 70.8 Å². The fourth-order valence-corrected chi connectivity index (χ4v) is 5.26. The molecule has 1 aliphatic carbocycles. The number of benzene rings is 1. The third-order valence-corrected chi connectivity index (χ3v) is 7.31. The second-order valence-corrected chi connectivity index (χ2v) is 9.37. The summed E-state index contributed by atoms with van der Waals surface area (Å²) >= 11 is 0. The molecule has 4 atom stereocenters. The highest BCUT2D eigenvalue weighted by molar-refractivity contribution is 5.36. The SMILES string of the molecule is CC1(C)[C@@]2(O)C(OCc3ccccc3)OC[C@H](CCCCCCCCCN)[C@]12O. The molecule has 1 unspecified atom stereocenters.